The van der Waals surface area contributed by atoms with Crippen molar-refractivity contribution in [2.45, 2.75) is 19.4 Å². The molecule has 2 aliphatic rings. The molecular weight excluding hydrogens is 218 g/mol. The number of rotatable bonds is 4. The zero-order valence-electron chi connectivity index (χ0n) is 10.6. The van der Waals surface area contributed by atoms with Crippen LogP contribution in [0.4, 0.5) is 0 Å². The van der Waals surface area contributed by atoms with Gasteiger partial charge in [-0.15, -0.1) is 0 Å². The van der Waals surface area contributed by atoms with E-state index in [0.717, 1.165) is 26.2 Å². The highest BCUT2D eigenvalue weighted by Crippen LogP contribution is 2.14. The topological polar surface area (TPSA) is 53.6 Å². The van der Waals surface area contributed by atoms with Crippen LogP contribution in [0.2, 0.25) is 0 Å². The van der Waals surface area contributed by atoms with Gasteiger partial charge in [0.15, 0.2) is 0 Å². The summed E-state index contributed by atoms with van der Waals surface area (Å²) in [4.78, 5) is 14.2. The lowest BCUT2D eigenvalue weighted by molar-refractivity contribution is -0.134. The van der Waals surface area contributed by atoms with Crippen molar-refractivity contribution in [3.63, 3.8) is 0 Å². The van der Waals surface area contributed by atoms with Gasteiger partial charge >= 0.3 is 0 Å². The molecule has 0 aromatic carbocycles. The third-order valence-corrected chi connectivity index (χ3v) is 3.60. The number of carbonyl (C=O) groups is 1. The lowest BCUT2D eigenvalue weighted by Gasteiger charge is -2.23. The van der Waals surface area contributed by atoms with Crippen LogP contribution in [0.15, 0.2) is 0 Å². The molecule has 2 aliphatic heterocycles. The van der Waals surface area contributed by atoms with Gasteiger partial charge in [-0.25, -0.2) is 0 Å². The Hall–Kier alpha value is -0.650. The van der Waals surface area contributed by atoms with Crippen LogP contribution in [-0.2, 0) is 9.53 Å². The molecule has 2 saturated heterocycles. The Morgan fingerprint density at radius 3 is 3.12 bits per heavy atom. The van der Waals surface area contributed by atoms with Crippen LogP contribution >= 0.6 is 0 Å². The number of carbonyl (C=O) groups excluding carboxylic acids is 1. The fraction of sp³-hybridized carbons (Fsp3) is 0.917. The highest BCUT2D eigenvalue weighted by molar-refractivity contribution is 5.81. The van der Waals surface area contributed by atoms with Crippen molar-refractivity contribution >= 4 is 5.91 Å². The molecule has 5 nitrogen and oxygen atoms in total. The van der Waals surface area contributed by atoms with Crippen molar-refractivity contribution in [3.05, 3.63) is 0 Å². The van der Waals surface area contributed by atoms with Gasteiger partial charge in [0.1, 0.15) is 6.10 Å². The first kappa shape index (κ1) is 12.8. The first-order chi connectivity index (χ1) is 8.29. The Morgan fingerprint density at radius 2 is 2.47 bits per heavy atom. The number of amides is 1. The predicted octanol–water partition coefficient (Wildman–Crippen LogP) is -0.567. The van der Waals surface area contributed by atoms with Crippen LogP contribution in [0.3, 0.4) is 0 Å². The Bertz CT molecular complexity index is 254. The Balaban J connectivity index is 1.65. The molecule has 0 radical (unpaired) electrons. The van der Waals surface area contributed by atoms with Crippen molar-refractivity contribution in [1.82, 2.24) is 15.5 Å². The molecule has 0 aromatic rings. The van der Waals surface area contributed by atoms with Crippen LogP contribution < -0.4 is 10.6 Å². The third kappa shape index (κ3) is 3.66. The summed E-state index contributed by atoms with van der Waals surface area (Å²) in [5.74, 6) is 0.641. The van der Waals surface area contributed by atoms with Gasteiger partial charge in [0.25, 0.3) is 0 Å². The van der Waals surface area contributed by atoms with E-state index in [4.69, 9.17) is 4.74 Å². The van der Waals surface area contributed by atoms with Crippen molar-refractivity contribution in [3.8, 4) is 0 Å². The van der Waals surface area contributed by atoms with Gasteiger partial charge in [-0.05, 0) is 25.4 Å². The standard InChI is InChI=1S/C12H23N3O2/c1-2-15-5-3-10(9-15)7-14-12(16)11-8-13-4-6-17-11/h10-11,13H,2-9H2,1H3,(H,14,16)/t10?,11-/m1/s1. The van der Waals surface area contributed by atoms with Crippen molar-refractivity contribution in [2.75, 3.05) is 45.9 Å². The molecule has 1 unspecified atom stereocenters. The molecule has 0 aliphatic carbocycles. The first-order valence-corrected chi connectivity index (χ1v) is 6.62. The molecule has 98 valence electrons. The number of likely N-dealkylation sites (tertiary alicyclic amines) is 1. The Morgan fingerprint density at radius 1 is 1.59 bits per heavy atom. The molecule has 2 N–H and O–H groups in total. The van der Waals surface area contributed by atoms with Gasteiger partial charge in [0.2, 0.25) is 5.91 Å². The number of hydrogen-bond acceptors (Lipinski definition) is 4. The molecule has 2 heterocycles. The maximum Gasteiger partial charge on any atom is 0.250 e. The molecule has 2 fully saturated rings. The van der Waals surface area contributed by atoms with Gasteiger partial charge in [-0.1, -0.05) is 6.92 Å². The first-order valence-electron chi connectivity index (χ1n) is 6.62. The quantitative estimate of drug-likeness (QED) is 0.692. The largest absolute Gasteiger partial charge is 0.366 e. The van der Waals surface area contributed by atoms with Crippen LogP contribution in [0.5, 0.6) is 0 Å². The van der Waals surface area contributed by atoms with E-state index in [1.807, 2.05) is 0 Å². The summed E-state index contributed by atoms with van der Waals surface area (Å²) in [5, 5.41) is 6.17. The normalized spacial score (nSPS) is 30.4. The summed E-state index contributed by atoms with van der Waals surface area (Å²) in [5.41, 5.74) is 0. The maximum atomic E-state index is 11.8. The SMILES string of the molecule is CCN1CCC(CNC(=O)[C@H]2CNCCO2)C1. The lowest BCUT2D eigenvalue weighted by atomic mass is 10.1. The molecule has 0 aromatic heterocycles. The van der Waals surface area contributed by atoms with Gasteiger partial charge in [0.05, 0.1) is 6.61 Å². The van der Waals surface area contributed by atoms with E-state index in [0.29, 0.717) is 19.1 Å². The van der Waals surface area contributed by atoms with E-state index in [2.05, 4.69) is 22.5 Å². The number of nitrogens with zero attached hydrogens (tertiary/aromatic N) is 1. The Kier molecular flexibility index (Phi) is 4.76. The van der Waals surface area contributed by atoms with E-state index in [-0.39, 0.29) is 12.0 Å². The fourth-order valence-corrected chi connectivity index (χ4v) is 2.46. The van der Waals surface area contributed by atoms with Crippen molar-refractivity contribution < 1.29 is 9.53 Å². The minimum absolute atomic E-state index is 0.0344. The minimum Gasteiger partial charge on any atom is -0.366 e. The van der Waals surface area contributed by atoms with Crippen LogP contribution in [0.25, 0.3) is 0 Å². The summed E-state index contributed by atoms with van der Waals surface area (Å²) in [6, 6.07) is 0. The fourth-order valence-electron chi connectivity index (χ4n) is 2.46. The summed E-state index contributed by atoms with van der Waals surface area (Å²) < 4.78 is 5.41. The average Bonchev–Trinajstić information content (AvgIpc) is 2.85. The molecule has 2 rings (SSSR count). The molecule has 5 heteroatoms. The highest BCUT2D eigenvalue weighted by atomic mass is 16.5. The van der Waals surface area contributed by atoms with Crippen molar-refractivity contribution in [2.24, 2.45) is 5.92 Å². The second-order valence-electron chi connectivity index (χ2n) is 4.86. The van der Waals surface area contributed by atoms with E-state index < -0.39 is 0 Å². The summed E-state index contributed by atoms with van der Waals surface area (Å²) in [6.45, 7) is 8.47. The molecular formula is C12H23N3O2. The summed E-state index contributed by atoms with van der Waals surface area (Å²) in [6.07, 6.45) is 0.894. The van der Waals surface area contributed by atoms with Crippen LogP contribution in [-0.4, -0.2) is 62.8 Å². The second kappa shape index (κ2) is 6.33. The average molecular weight is 241 g/mol. The molecule has 2 atom stereocenters. The monoisotopic (exact) mass is 241 g/mol. The summed E-state index contributed by atoms with van der Waals surface area (Å²) >= 11 is 0. The third-order valence-electron chi connectivity index (χ3n) is 3.60. The molecule has 0 bridgehead atoms. The zero-order chi connectivity index (χ0) is 12.1. The lowest BCUT2D eigenvalue weighted by Crippen LogP contribution is -2.48. The van der Waals surface area contributed by atoms with Crippen LogP contribution in [0.1, 0.15) is 13.3 Å². The van der Waals surface area contributed by atoms with Gasteiger partial charge in [-0.2, -0.15) is 0 Å². The predicted molar refractivity (Wildman–Crippen MR) is 65.8 cm³/mol. The molecule has 1 amide bonds. The van der Waals surface area contributed by atoms with E-state index in [1.54, 1.807) is 0 Å². The number of hydrogen-bond donors (Lipinski definition) is 2. The van der Waals surface area contributed by atoms with E-state index in [1.165, 1.54) is 13.0 Å². The number of nitrogens with one attached hydrogen (secondary N) is 2. The summed E-state index contributed by atoms with van der Waals surface area (Å²) in [7, 11) is 0. The number of ether oxygens (including phenoxy) is 1. The maximum absolute atomic E-state index is 11.8. The van der Waals surface area contributed by atoms with Crippen molar-refractivity contribution in [1.29, 1.82) is 0 Å². The van der Waals surface area contributed by atoms with E-state index >= 15 is 0 Å². The Labute approximate surface area is 103 Å². The van der Waals surface area contributed by atoms with Gasteiger partial charge in [-0.3, -0.25) is 4.79 Å². The van der Waals surface area contributed by atoms with Crippen LogP contribution in [0, 0.1) is 5.92 Å². The zero-order valence-corrected chi connectivity index (χ0v) is 10.6. The molecule has 0 spiro atoms. The molecule has 17 heavy (non-hydrogen) atoms. The smallest absolute Gasteiger partial charge is 0.250 e. The highest BCUT2D eigenvalue weighted by Gasteiger charge is 2.25. The molecule has 0 saturated carbocycles. The van der Waals surface area contributed by atoms with Gasteiger partial charge in [0, 0.05) is 26.2 Å². The minimum atomic E-state index is -0.299. The number of morpholine rings is 1. The van der Waals surface area contributed by atoms with Gasteiger partial charge < -0.3 is 20.3 Å². The second-order valence-corrected chi connectivity index (χ2v) is 4.86. The van der Waals surface area contributed by atoms with E-state index in [9.17, 15) is 4.79 Å².